The Morgan fingerprint density at radius 3 is 2.38 bits per heavy atom. The largest absolute Gasteiger partial charge is 0.482 e. The molecular weight excluding hydrogens is 445 g/mol. The lowest BCUT2D eigenvalue weighted by Crippen LogP contribution is -2.20. The molecule has 0 saturated carbocycles. The molecule has 0 fully saturated rings. The van der Waals surface area contributed by atoms with Crippen molar-refractivity contribution >= 4 is 27.3 Å². The molecule has 0 aromatic heterocycles. The lowest BCUT2D eigenvalue weighted by molar-refractivity contribution is -0.153. The van der Waals surface area contributed by atoms with Crippen LogP contribution in [0.5, 0.6) is 5.75 Å². The molecule has 0 unspecified atom stereocenters. The molecular formula is C22H19F3N2O4S. The third-order valence-electron chi connectivity index (χ3n) is 4.21. The highest BCUT2D eigenvalue weighted by atomic mass is 32.2. The predicted molar refractivity (Wildman–Crippen MR) is 114 cm³/mol. The summed E-state index contributed by atoms with van der Waals surface area (Å²) in [5, 5.41) is 2.50. The number of hydrogen-bond donors (Lipinski definition) is 2. The van der Waals surface area contributed by atoms with E-state index in [1.165, 1.54) is 48.5 Å². The van der Waals surface area contributed by atoms with E-state index in [0.717, 1.165) is 0 Å². The Kier molecular flexibility index (Phi) is 6.73. The van der Waals surface area contributed by atoms with Gasteiger partial charge in [0.2, 0.25) is 0 Å². The van der Waals surface area contributed by atoms with Gasteiger partial charge in [-0.25, -0.2) is 8.42 Å². The number of alkyl halides is 3. The van der Waals surface area contributed by atoms with E-state index in [1.54, 1.807) is 31.2 Å². The summed E-state index contributed by atoms with van der Waals surface area (Å²) in [7, 11) is -3.86. The minimum Gasteiger partial charge on any atom is -0.482 e. The number of carbonyl (C=O) groups is 1. The number of aryl methyl sites for hydroxylation is 1. The monoisotopic (exact) mass is 464 g/mol. The van der Waals surface area contributed by atoms with Gasteiger partial charge >= 0.3 is 6.18 Å². The van der Waals surface area contributed by atoms with Crippen molar-refractivity contribution in [2.24, 2.45) is 0 Å². The first-order chi connectivity index (χ1) is 15.0. The first-order valence-electron chi connectivity index (χ1n) is 9.33. The Bertz CT molecular complexity index is 1210. The number of halogens is 3. The van der Waals surface area contributed by atoms with Gasteiger partial charge in [-0.1, -0.05) is 30.3 Å². The highest BCUT2D eigenvalue weighted by molar-refractivity contribution is 7.92. The zero-order valence-electron chi connectivity index (χ0n) is 16.8. The van der Waals surface area contributed by atoms with Crippen LogP contribution in [0.15, 0.2) is 77.7 Å². The molecule has 0 heterocycles. The minimum absolute atomic E-state index is 0.0557. The van der Waals surface area contributed by atoms with Crippen molar-refractivity contribution in [3.05, 3.63) is 83.9 Å². The normalized spacial score (nSPS) is 11.6. The Balaban J connectivity index is 1.78. The second kappa shape index (κ2) is 9.31. The molecule has 0 saturated heterocycles. The molecule has 0 aliphatic carbocycles. The number of carbonyl (C=O) groups excluding carboxylic acids is 1. The molecule has 3 aromatic carbocycles. The first-order valence-corrected chi connectivity index (χ1v) is 10.8. The van der Waals surface area contributed by atoms with Gasteiger partial charge in [-0.3, -0.25) is 9.52 Å². The predicted octanol–water partition coefficient (Wildman–Crippen LogP) is 4.99. The van der Waals surface area contributed by atoms with Gasteiger partial charge in [0.25, 0.3) is 15.9 Å². The number of nitrogens with one attached hydrogen (secondary N) is 2. The van der Waals surface area contributed by atoms with Crippen LogP contribution in [0, 0.1) is 6.92 Å². The maximum atomic E-state index is 12.7. The molecule has 168 valence electrons. The SMILES string of the molecule is Cc1ccc(NC(=O)c2cccc(NS(=O)(=O)c3ccccc3)c2)c(OCC(F)(F)F)c1. The molecule has 0 radical (unpaired) electrons. The quantitative estimate of drug-likeness (QED) is 0.516. The number of rotatable bonds is 7. The van der Waals surface area contributed by atoms with Crippen LogP contribution in [0.2, 0.25) is 0 Å². The summed E-state index contributed by atoms with van der Waals surface area (Å²) < 4.78 is 69.8. The maximum absolute atomic E-state index is 12.7. The van der Waals surface area contributed by atoms with Crippen molar-refractivity contribution in [2.75, 3.05) is 16.6 Å². The topological polar surface area (TPSA) is 84.5 Å². The number of hydrogen-bond acceptors (Lipinski definition) is 4. The average molecular weight is 464 g/mol. The first kappa shape index (κ1) is 23.1. The summed E-state index contributed by atoms with van der Waals surface area (Å²) in [5.74, 6) is -0.775. The van der Waals surface area contributed by atoms with Crippen LogP contribution < -0.4 is 14.8 Å². The molecule has 1 amide bonds. The van der Waals surface area contributed by atoms with Crippen LogP contribution in [0.3, 0.4) is 0 Å². The molecule has 3 aromatic rings. The fourth-order valence-corrected chi connectivity index (χ4v) is 3.81. The molecule has 0 aliphatic heterocycles. The molecule has 0 bridgehead atoms. The maximum Gasteiger partial charge on any atom is 0.422 e. The van der Waals surface area contributed by atoms with Gasteiger partial charge < -0.3 is 10.1 Å². The third-order valence-corrected chi connectivity index (χ3v) is 5.60. The van der Waals surface area contributed by atoms with Crippen molar-refractivity contribution in [1.29, 1.82) is 0 Å². The van der Waals surface area contributed by atoms with Gasteiger partial charge in [0.05, 0.1) is 10.6 Å². The zero-order valence-corrected chi connectivity index (χ0v) is 17.6. The lowest BCUT2D eigenvalue weighted by Gasteiger charge is -2.15. The Morgan fingerprint density at radius 2 is 1.69 bits per heavy atom. The molecule has 0 aliphatic rings. The second-order valence-electron chi connectivity index (χ2n) is 6.86. The summed E-state index contributed by atoms with van der Waals surface area (Å²) in [6.45, 7) is 0.171. The van der Waals surface area contributed by atoms with Crippen molar-refractivity contribution in [2.45, 2.75) is 18.0 Å². The van der Waals surface area contributed by atoms with E-state index in [2.05, 4.69) is 10.0 Å². The molecule has 10 heteroatoms. The Hall–Kier alpha value is -3.53. The molecule has 0 atom stereocenters. The molecule has 6 nitrogen and oxygen atoms in total. The third kappa shape index (κ3) is 6.24. The molecule has 3 rings (SSSR count). The highest BCUT2D eigenvalue weighted by Gasteiger charge is 2.29. The van der Waals surface area contributed by atoms with Gasteiger partial charge in [-0.15, -0.1) is 0 Å². The van der Waals surface area contributed by atoms with Crippen LogP contribution in [-0.2, 0) is 10.0 Å². The molecule has 2 N–H and O–H groups in total. The van der Waals surface area contributed by atoms with Crippen LogP contribution in [0.4, 0.5) is 24.5 Å². The summed E-state index contributed by atoms with van der Waals surface area (Å²) in [6, 6.07) is 17.8. The smallest absolute Gasteiger partial charge is 0.422 e. The van der Waals surface area contributed by atoms with Gasteiger partial charge in [0.15, 0.2) is 6.61 Å². The van der Waals surface area contributed by atoms with Crippen LogP contribution in [0.1, 0.15) is 15.9 Å². The number of amides is 1. The number of ether oxygens (including phenoxy) is 1. The zero-order chi connectivity index (χ0) is 23.4. The van der Waals surface area contributed by atoms with Crippen LogP contribution >= 0.6 is 0 Å². The van der Waals surface area contributed by atoms with Crippen molar-refractivity contribution in [3.63, 3.8) is 0 Å². The van der Waals surface area contributed by atoms with Crippen molar-refractivity contribution in [3.8, 4) is 5.75 Å². The number of sulfonamides is 1. The summed E-state index contributed by atoms with van der Waals surface area (Å²) in [5.41, 5.74) is 0.956. The summed E-state index contributed by atoms with van der Waals surface area (Å²) in [4.78, 5) is 12.7. The Morgan fingerprint density at radius 1 is 0.969 bits per heavy atom. The van der Waals surface area contributed by atoms with E-state index in [4.69, 9.17) is 4.74 Å². The average Bonchev–Trinajstić information content (AvgIpc) is 2.74. The van der Waals surface area contributed by atoms with Crippen LogP contribution in [0.25, 0.3) is 0 Å². The fourth-order valence-electron chi connectivity index (χ4n) is 2.74. The van der Waals surface area contributed by atoms with Crippen LogP contribution in [-0.4, -0.2) is 27.1 Å². The molecule has 32 heavy (non-hydrogen) atoms. The van der Waals surface area contributed by atoms with Crippen molar-refractivity contribution < 1.29 is 31.1 Å². The Labute approximate surface area is 183 Å². The van der Waals surface area contributed by atoms with Crippen molar-refractivity contribution in [1.82, 2.24) is 0 Å². The van der Waals surface area contributed by atoms with Gasteiger partial charge in [0, 0.05) is 11.3 Å². The highest BCUT2D eigenvalue weighted by Crippen LogP contribution is 2.28. The lowest BCUT2D eigenvalue weighted by atomic mass is 10.1. The van der Waals surface area contributed by atoms with Gasteiger partial charge in [-0.05, 0) is 55.0 Å². The minimum atomic E-state index is -4.53. The van der Waals surface area contributed by atoms with E-state index >= 15 is 0 Å². The standard InChI is InChI=1S/C22H19F3N2O4S/c1-15-10-11-19(20(12-15)31-14-22(23,24)25)26-21(28)16-6-5-7-17(13-16)27-32(29,30)18-8-3-2-4-9-18/h2-13,27H,14H2,1H3,(H,26,28). The summed E-state index contributed by atoms with van der Waals surface area (Å²) >= 11 is 0. The molecule has 0 spiro atoms. The van der Waals surface area contributed by atoms with E-state index in [1.807, 2.05) is 0 Å². The summed E-state index contributed by atoms with van der Waals surface area (Å²) in [6.07, 6.45) is -4.53. The fraction of sp³-hybridized carbons (Fsp3) is 0.136. The van der Waals surface area contributed by atoms with E-state index in [0.29, 0.717) is 5.56 Å². The van der Waals surface area contributed by atoms with Gasteiger partial charge in [0.1, 0.15) is 5.75 Å². The number of anilines is 2. The van der Waals surface area contributed by atoms with Gasteiger partial charge in [-0.2, -0.15) is 13.2 Å². The van der Waals surface area contributed by atoms with E-state index < -0.39 is 28.7 Å². The number of benzene rings is 3. The van der Waals surface area contributed by atoms with E-state index in [-0.39, 0.29) is 27.6 Å². The van der Waals surface area contributed by atoms with E-state index in [9.17, 15) is 26.4 Å². The second-order valence-corrected chi connectivity index (χ2v) is 8.54.